The van der Waals surface area contributed by atoms with E-state index in [4.69, 9.17) is 9.72 Å². The zero-order valence-corrected chi connectivity index (χ0v) is 21.3. The van der Waals surface area contributed by atoms with E-state index in [1.807, 2.05) is 52.0 Å². The number of thiazole rings is 1. The molecule has 0 amide bonds. The van der Waals surface area contributed by atoms with Crippen molar-refractivity contribution in [2.24, 2.45) is 0 Å². The highest BCUT2D eigenvalue weighted by atomic mass is 32.2. The third kappa shape index (κ3) is 5.23. The van der Waals surface area contributed by atoms with E-state index in [0.717, 1.165) is 39.7 Å². The predicted octanol–water partition coefficient (Wildman–Crippen LogP) is 4.57. The average molecular weight is 486 g/mol. The highest BCUT2D eigenvalue weighted by molar-refractivity contribution is 7.89. The lowest BCUT2D eigenvalue weighted by Gasteiger charge is -2.34. The molecule has 8 heteroatoms. The minimum absolute atomic E-state index is 0.452. The van der Waals surface area contributed by atoms with Crippen LogP contribution in [0.5, 0.6) is 5.75 Å². The minimum Gasteiger partial charge on any atom is -0.494 e. The number of hydrogen-bond donors (Lipinski definition) is 0. The quantitative estimate of drug-likeness (QED) is 0.491. The first-order chi connectivity index (χ1) is 15.8. The van der Waals surface area contributed by atoms with Gasteiger partial charge < -0.3 is 9.64 Å². The summed E-state index contributed by atoms with van der Waals surface area (Å²) < 4.78 is 33.8. The highest BCUT2D eigenvalue weighted by Gasteiger charge is 2.31. The van der Waals surface area contributed by atoms with Crippen LogP contribution in [0.15, 0.2) is 46.7 Å². The summed E-state index contributed by atoms with van der Waals surface area (Å²) >= 11 is 1.62. The maximum absolute atomic E-state index is 13.3. The van der Waals surface area contributed by atoms with E-state index >= 15 is 0 Å². The lowest BCUT2D eigenvalue weighted by molar-refractivity contribution is 0.340. The number of ether oxygens (including phenoxy) is 1. The van der Waals surface area contributed by atoms with Crippen molar-refractivity contribution in [1.29, 1.82) is 0 Å². The van der Waals surface area contributed by atoms with Crippen LogP contribution < -0.4 is 9.64 Å². The Morgan fingerprint density at radius 3 is 2.24 bits per heavy atom. The van der Waals surface area contributed by atoms with Crippen LogP contribution in [0, 0.1) is 20.8 Å². The molecule has 0 spiro atoms. The summed E-state index contributed by atoms with van der Waals surface area (Å²) in [6.45, 7) is 10.6. The number of hydrogen-bond acceptors (Lipinski definition) is 6. The van der Waals surface area contributed by atoms with Gasteiger partial charge in [-0.25, -0.2) is 13.4 Å². The molecule has 0 radical (unpaired) electrons. The fourth-order valence-electron chi connectivity index (χ4n) is 4.42. The number of piperazine rings is 1. The molecule has 0 aliphatic carbocycles. The molecule has 6 nitrogen and oxygen atoms in total. The Kier molecular flexibility index (Phi) is 7.07. The van der Waals surface area contributed by atoms with Crippen LogP contribution in [0.4, 0.5) is 5.13 Å². The molecule has 2 aromatic carbocycles. The van der Waals surface area contributed by atoms with Crippen LogP contribution in [0.2, 0.25) is 0 Å². The topological polar surface area (TPSA) is 62.7 Å². The first-order valence-electron chi connectivity index (χ1n) is 11.3. The second-order valence-electron chi connectivity index (χ2n) is 8.49. The van der Waals surface area contributed by atoms with Gasteiger partial charge in [-0.2, -0.15) is 4.31 Å². The molecule has 4 rings (SSSR count). The van der Waals surface area contributed by atoms with Crippen LogP contribution >= 0.6 is 11.3 Å². The second kappa shape index (κ2) is 9.83. The maximum atomic E-state index is 13.3. The summed E-state index contributed by atoms with van der Waals surface area (Å²) in [5, 5.41) is 3.05. The molecule has 0 saturated carbocycles. The lowest BCUT2D eigenvalue weighted by atomic mass is 10.1. The Morgan fingerprint density at radius 2 is 1.64 bits per heavy atom. The normalized spacial score (nSPS) is 15.1. The molecular weight excluding hydrogens is 454 g/mol. The van der Waals surface area contributed by atoms with E-state index in [2.05, 4.69) is 22.4 Å². The average Bonchev–Trinajstić information content (AvgIpc) is 3.23. The first-order valence-corrected chi connectivity index (χ1v) is 13.6. The molecule has 0 N–H and O–H groups in total. The summed E-state index contributed by atoms with van der Waals surface area (Å²) in [6, 6.07) is 12.0. The summed E-state index contributed by atoms with van der Waals surface area (Å²) in [5.74, 6) is 0.879. The van der Waals surface area contributed by atoms with Crippen molar-refractivity contribution in [3.8, 4) is 5.75 Å². The first kappa shape index (κ1) is 23.7. The smallest absolute Gasteiger partial charge is 0.243 e. The van der Waals surface area contributed by atoms with Crippen molar-refractivity contribution in [3.05, 3.63) is 69.7 Å². The number of benzene rings is 2. The molecule has 2 heterocycles. The zero-order valence-electron chi connectivity index (χ0n) is 19.7. The van der Waals surface area contributed by atoms with Crippen molar-refractivity contribution in [2.75, 3.05) is 37.7 Å². The van der Waals surface area contributed by atoms with E-state index in [9.17, 15) is 8.42 Å². The number of anilines is 1. The fourth-order valence-corrected chi connectivity index (χ4v) is 7.14. The van der Waals surface area contributed by atoms with E-state index in [1.165, 1.54) is 5.56 Å². The molecule has 1 saturated heterocycles. The lowest BCUT2D eigenvalue weighted by Crippen LogP contribution is -2.48. The molecule has 1 aliphatic heterocycles. The number of aryl methyl sites for hydroxylation is 3. The van der Waals surface area contributed by atoms with Crippen molar-refractivity contribution >= 4 is 26.5 Å². The second-order valence-corrected chi connectivity index (χ2v) is 11.2. The van der Waals surface area contributed by atoms with Gasteiger partial charge in [0, 0.05) is 38.0 Å². The van der Waals surface area contributed by atoms with Crippen molar-refractivity contribution in [1.82, 2.24) is 9.29 Å². The Bertz CT molecular complexity index is 1190. The molecule has 176 valence electrons. The molecule has 33 heavy (non-hydrogen) atoms. The van der Waals surface area contributed by atoms with Gasteiger partial charge in [-0.3, -0.25) is 0 Å². The highest BCUT2D eigenvalue weighted by Crippen LogP contribution is 2.28. The Morgan fingerprint density at radius 1 is 1.00 bits per heavy atom. The largest absolute Gasteiger partial charge is 0.494 e. The van der Waals surface area contributed by atoms with Gasteiger partial charge in [0.15, 0.2) is 5.13 Å². The molecule has 3 aromatic rings. The molecule has 0 unspecified atom stereocenters. The third-order valence-corrected chi connectivity index (χ3v) is 9.03. The summed E-state index contributed by atoms with van der Waals surface area (Å²) in [7, 11) is -3.51. The van der Waals surface area contributed by atoms with Gasteiger partial charge in [0.25, 0.3) is 0 Å². The van der Waals surface area contributed by atoms with Gasteiger partial charge in [0.05, 0.1) is 17.2 Å². The van der Waals surface area contributed by atoms with E-state index in [-0.39, 0.29) is 0 Å². The minimum atomic E-state index is -3.51. The predicted molar refractivity (Wildman–Crippen MR) is 134 cm³/mol. The van der Waals surface area contributed by atoms with E-state index in [0.29, 0.717) is 37.7 Å². The SMILES string of the molecule is CCOc1ccc(Cc2csc(N3CCN(S(=O)(=O)c4c(C)cc(C)cc4C)CC3)n2)cc1. The molecule has 0 atom stereocenters. The van der Waals surface area contributed by atoms with Gasteiger partial charge in [0.2, 0.25) is 10.0 Å². The molecule has 0 bridgehead atoms. The summed E-state index contributed by atoms with van der Waals surface area (Å²) in [5.41, 5.74) is 4.93. The van der Waals surface area contributed by atoms with Gasteiger partial charge in [-0.1, -0.05) is 29.8 Å². The Labute approximate surface area is 200 Å². The van der Waals surface area contributed by atoms with Gasteiger partial charge in [0.1, 0.15) is 5.75 Å². The maximum Gasteiger partial charge on any atom is 0.243 e. The van der Waals surface area contributed by atoms with Crippen molar-refractivity contribution in [3.63, 3.8) is 0 Å². The van der Waals surface area contributed by atoms with Crippen LogP contribution in [-0.2, 0) is 16.4 Å². The molecular formula is C25H31N3O3S2. The number of aromatic nitrogens is 1. The molecule has 1 aromatic heterocycles. The zero-order chi connectivity index (χ0) is 23.6. The summed E-state index contributed by atoms with van der Waals surface area (Å²) in [4.78, 5) is 7.46. The van der Waals surface area contributed by atoms with Crippen LogP contribution in [0.1, 0.15) is 34.9 Å². The monoisotopic (exact) mass is 485 g/mol. The Balaban J connectivity index is 1.40. The summed E-state index contributed by atoms with van der Waals surface area (Å²) in [6.07, 6.45) is 0.767. The molecule has 1 fully saturated rings. The van der Waals surface area contributed by atoms with Crippen LogP contribution in [-0.4, -0.2) is 50.5 Å². The number of sulfonamides is 1. The standard InChI is InChI=1S/C25H31N3O3S2/c1-5-31-23-8-6-21(7-9-23)16-22-17-32-25(26-22)27-10-12-28(13-11-27)33(29,30)24-19(3)14-18(2)15-20(24)4/h6-9,14-15,17H,5,10-13,16H2,1-4H3. The van der Waals surface area contributed by atoms with Crippen LogP contribution in [0.3, 0.4) is 0 Å². The number of nitrogens with zero attached hydrogens (tertiary/aromatic N) is 3. The van der Waals surface area contributed by atoms with E-state index < -0.39 is 10.0 Å². The van der Waals surface area contributed by atoms with Crippen LogP contribution in [0.25, 0.3) is 0 Å². The van der Waals surface area contributed by atoms with Crippen molar-refractivity contribution in [2.45, 2.75) is 39.0 Å². The molecule has 1 aliphatic rings. The number of rotatable bonds is 7. The van der Waals surface area contributed by atoms with Gasteiger partial charge in [-0.15, -0.1) is 11.3 Å². The van der Waals surface area contributed by atoms with Crippen molar-refractivity contribution < 1.29 is 13.2 Å². The Hall–Kier alpha value is -2.42. The van der Waals surface area contributed by atoms with E-state index in [1.54, 1.807) is 15.6 Å². The van der Waals surface area contributed by atoms with Gasteiger partial charge >= 0.3 is 0 Å². The van der Waals surface area contributed by atoms with Gasteiger partial charge in [-0.05, 0) is 56.5 Å². The fraction of sp³-hybridized carbons (Fsp3) is 0.400. The third-order valence-electron chi connectivity index (χ3n) is 5.87.